The molecule has 0 atom stereocenters. The lowest BCUT2D eigenvalue weighted by Gasteiger charge is -2.12. The fraction of sp³-hybridized carbons (Fsp3) is 0.250. The molecule has 9 heteroatoms. The number of carbonyl (C=O) groups is 1. The Morgan fingerprint density at radius 1 is 1.24 bits per heavy atom. The van der Waals surface area contributed by atoms with E-state index in [4.69, 9.17) is 11.6 Å². The van der Waals surface area contributed by atoms with E-state index in [9.17, 15) is 18.4 Å². The van der Waals surface area contributed by atoms with Gasteiger partial charge in [0.25, 0.3) is 11.5 Å². The van der Waals surface area contributed by atoms with Crippen LogP contribution in [0.5, 0.6) is 5.75 Å². The van der Waals surface area contributed by atoms with Crippen LogP contribution in [0.1, 0.15) is 30.3 Å². The van der Waals surface area contributed by atoms with Gasteiger partial charge in [0.05, 0.1) is 10.4 Å². The van der Waals surface area contributed by atoms with Crippen LogP contribution in [0, 0.1) is 0 Å². The van der Waals surface area contributed by atoms with Crippen molar-refractivity contribution in [1.82, 2.24) is 9.78 Å². The molecule has 0 fully saturated rings. The van der Waals surface area contributed by atoms with Crippen LogP contribution in [-0.4, -0.2) is 22.3 Å². The topological polar surface area (TPSA) is 73.2 Å². The van der Waals surface area contributed by atoms with Crippen molar-refractivity contribution in [2.75, 3.05) is 5.32 Å². The summed E-state index contributed by atoms with van der Waals surface area (Å²) >= 11 is 5.93. The molecular weight excluding hydrogens is 404 g/mol. The minimum absolute atomic E-state index is 0.0752. The minimum Gasteiger partial charge on any atom is -0.433 e. The lowest BCUT2D eigenvalue weighted by atomic mass is 10.1. The summed E-state index contributed by atoms with van der Waals surface area (Å²) in [4.78, 5) is 25.5. The third-order valence-electron chi connectivity index (χ3n) is 4.21. The van der Waals surface area contributed by atoms with Crippen molar-refractivity contribution in [3.05, 3.63) is 63.5 Å². The second-order valence-electron chi connectivity index (χ2n) is 6.25. The van der Waals surface area contributed by atoms with Gasteiger partial charge in [0.1, 0.15) is 5.75 Å². The number of unbranched alkanes of at least 4 members (excludes halogenated alkanes) is 1. The average molecular weight is 422 g/mol. The van der Waals surface area contributed by atoms with E-state index in [1.165, 1.54) is 22.9 Å². The zero-order valence-corrected chi connectivity index (χ0v) is 16.2. The van der Waals surface area contributed by atoms with Crippen molar-refractivity contribution < 1.29 is 18.3 Å². The van der Waals surface area contributed by atoms with Crippen molar-refractivity contribution in [2.24, 2.45) is 0 Å². The minimum atomic E-state index is -3.01. The Morgan fingerprint density at radius 3 is 2.62 bits per heavy atom. The molecule has 29 heavy (non-hydrogen) atoms. The first-order valence-electron chi connectivity index (χ1n) is 8.96. The van der Waals surface area contributed by atoms with Gasteiger partial charge < -0.3 is 10.1 Å². The van der Waals surface area contributed by atoms with E-state index in [1.54, 1.807) is 24.3 Å². The Kier molecular flexibility index (Phi) is 6.43. The normalized spacial score (nSPS) is 11.1. The number of aryl methyl sites for hydroxylation is 1. The van der Waals surface area contributed by atoms with Gasteiger partial charge in [-0.15, -0.1) is 0 Å². The molecule has 0 bridgehead atoms. The smallest absolute Gasteiger partial charge is 0.387 e. The summed E-state index contributed by atoms with van der Waals surface area (Å²) in [5, 5.41) is 7.62. The van der Waals surface area contributed by atoms with E-state index in [-0.39, 0.29) is 27.7 Å². The van der Waals surface area contributed by atoms with E-state index in [0.29, 0.717) is 17.3 Å². The third kappa shape index (κ3) is 4.71. The summed E-state index contributed by atoms with van der Waals surface area (Å²) in [5.41, 5.74) is 0.0984. The first kappa shape index (κ1) is 20.7. The third-order valence-corrected chi connectivity index (χ3v) is 4.51. The molecule has 1 amide bonds. The number of nitrogens with one attached hydrogen (secondary N) is 1. The van der Waals surface area contributed by atoms with Crippen LogP contribution in [-0.2, 0) is 6.54 Å². The fourth-order valence-corrected chi connectivity index (χ4v) is 3.05. The van der Waals surface area contributed by atoms with Gasteiger partial charge >= 0.3 is 6.61 Å². The fourth-order valence-electron chi connectivity index (χ4n) is 2.82. The van der Waals surface area contributed by atoms with Crippen LogP contribution in [0.25, 0.3) is 10.8 Å². The number of halogens is 3. The Morgan fingerprint density at radius 2 is 1.97 bits per heavy atom. The van der Waals surface area contributed by atoms with Crippen molar-refractivity contribution >= 4 is 34.0 Å². The number of amides is 1. The molecule has 0 aliphatic carbocycles. The number of anilines is 1. The predicted molar refractivity (Wildman–Crippen MR) is 107 cm³/mol. The number of hydrogen-bond donors (Lipinski definition) is 1. The lowest BCUT2D eigenvalue weighted by molar-refractivity contribution is -0.0497. The second-order valence-corrected chi connectivity index (χ2v) is 6.66. The molecule has 152 valence electrons. The number of hydrogen-bond acceptors (Lipinski definition) is 4. The molecule has 0 saturated carbocycles. The molecule has 3 rings (SSSR count). The first-order valence-corrected chi connectivity index (χ1v) is 9.34. The molecule has 1 N–H and O–H groups in total. The van der Waals surface area contributed by atoms with Crippen molar-refractivity contribution in [3.8, 4) is 5.75 Å². The highest BCUT2D eigenvalue weighted by Gasteiger charge is 2.17. The van der Waals surface area contributed by atoms with Gasteiger partial charge in [-0.1, -0.05) is 43.1 Å². The van der Waals surface area contributed by atoms with Crippen molar-refractivity contribution in [1.29, 1.82) is 0 Å². The number of ether oxygens (including phenoxy) is 1. The zero-order chi connectivity index (χ0) is 21.0. The maximum atomic E-state index is 12.9. The molecular formula is C20H18ClF2N3O3. The summed E-state index contributed by atoms with van der Waals surface area (Å²) in [7, 11) is 0. The largest absolute Gasteiger partial charge is 0.433 e. The van der Waals surface area contributed by atoms with Gasteiger partial charge in [-0.05, 0) is 30.7 Å². The molecule has 0 spiro atoms. The summed E-state index contributed by atoms with van der Waals surface area (Å²) in [5.74, 6) is -0.749. The lowest BCUT2D eigenvalue weighted by Crippen LogP contribution is -2.27. The van der Waals surface area contributed by atoms with E-state index < -0.39 is 12.5 Å². The highest BCUT2D eigenvalue weighted by atomic mass is 35.5. The summed E-state index contributed by atoms with van der Waals surface area (Å²) in [6.45, 7) is -0.621. The highest BCUT2D eigenvalue weighted by Crippen LogP contribution is 2.29. The summed E-state index contributed by atoms with van der Waals surface area (Å²) in [6, 6.07) is 10.6. The molecule has 6 nitrogen and oxygen atoms in total. The first-order chi connectivity index (χ1) is 13.9. The average Bonchev–Trinajstić information content (AvgIpc) is 2.69. The number of aromatic nitrogens is 2. The number of carbonyl (C=O) groups excluding carboxylic acids is 1. The summed E-state index contributed by atoms with van der Waals surface area (Å²) < 4.78 is 30.3. The van der Waals surface area contributed by atoms with Crippen LogP contribution in [0.4, 0.5) is 14.5 Å². The Bertz CT molecular complexity index is 1100. The van der Waals surface area contributed by atoms with E-state index in [2.05, 4.69) is 15.2 Å². The Labute approximate surface area is 170 Å². The molecule has 0 radical (unpaired) electrons. The van der Waals surface area contributed by atoms with Gasteiger partial charge in [0.2, 0.25) is 0 Å². The SMILES string of the molecule is CCCCn1nc(C(=O)Nc2ccc(OC(F)F)c(Cl)c2)c2ccccc2c1=O. The molecule has 1 heterocycles. The molecule has 1 aromatic heterocycles. The van der Waals surface area contributed by atoms with E-state index >= 15 is 0 Å². The molecule has 0 saturated heterocycles. The van der Waals surface area contributed by atoms with Gasteiger partial charge in [-0.25, -0.2) is 4.68 Å². The van der Waals surface area contributed by atoms with Crippen LogP contribution < -0.4 is 15.6 Å². The maximum absolute atomic E-state index is 12.9. The Balaban J connectivity index is 1.95. The molecule has 0 aliphatic rings. The molecule has 0 aliphatic heterocycles. The van der Waals surface area contributed by atoms with Crippen LogP contribution in [0.2, 0.25) is 5.02 Å². The van der Waals surface area contributed by atoms with Gasteiger partial charge in [-0.3, -0.25) is 9.59 Å². The van der Waals surface area contributed by atoms with E-state index in [0.717, 1.165) is 12.8 Å². The predicted octanol–water partition coefficient (Wildman–Crippen LogP) is 4.70. The number of benzene rings is 2. The zero-order valence-electron chi connectivity index (χ0n) is 15.5. The van der Waals surface area contributed by atoms with Gasteiger partial charge in [0.15, 0.2) is 5.69 Å². The standard InChI is InChI=1S/C20H18ClF2N3O3/c1-2-3-10-26-19(28)14-7-5-4-6-13(14)17(25-26)18(27)24-12-8-9-16(15(21)11-12)29-20(22)23/h4-9,11,20H,2-3,10H2,1H3,(H,24,27). The number of fused-ring (bicyclic) bond motifs is 1. The monoisotopic (exact) mass is 421 g/mol. The van der Waals surface area contributed by atoms with Gasteiger partial charge in [-0.2, -0.15) is 13.9 Å². The molecule has 2 aromatic carbocycles. The van der Waals surface area contributed by atoms with Gasteiger partial charge in [0, 0.05) is 17.6 Å². The Hall–Kier alpha value is -3.00. The van der Waals surface area contributed by atoms with Crippen LogP contribution >= 0.6 is 11.6 Å². The number of nitrogens with zero attached hydrogens (tertiary/aromatic N) is 2. The van der Waals surface area contributed by atoms with E-state index in [1.807, 2.05) is 6.92 Å². The molecule has 0 unspecified atom stereocenters. The van der Waals surface area contributed by atoms with Crippen LogP contribution in [0.15, 0.2) is 47.3 Å². The highest BCUT2D eigenvalue weighted by molar-refractivity contribution is 6.32. The van der Waals surface area contributed by atoms with Crippen molar-refractivity contribution in [3.63, 3.8) is 0 Å². The van der Waals surface area contributed by atoms with Crippen molar-refractivity contribution in [2.45, 2.75) is 32.9 Å². The second kappa shape index (κ2) is 9.00. The maximum Gasteiger partial charge on any atom is 0.387 e. The number of rotatable bonds is 7. The number of alkyl halides is 2. The molecule has 3 aromatic rings. The van der Waals surface area contributed by atoms with Crippen LogP contribution in [0.3, 0.4) is 0 Å². The quantitative estimate of drug-likeness (QED) is 0.600. The summed E-state index contributed by atoms with van der Waals surface area (Å²) in [6.07, 6.45) is 1.61.